The Morgan fingerprint density at radius 3 is 2.33 bits per heavy atom. The summed E-state index contributed by atoms with van der Waals surface area (Å²) < 4.78 is 12.5. The molecule has 2 atom stereocenters. The van der Waals surface area contributed by atoms with E-state index in [1.54, 1.807) is 18.6 Å². The van der Waals surface area contributed by atoms with Crippen LogP contribution < -0.4 is 14.8 Å². The van der Waals surface area contributed by atoms with E-state index < -0.39 is 0 Å². The topological polar surface area (TPSA) is 92.2 Å². The molecule has 0 fully saturated rings. The predicted octanol–water partition coefficient (Wildman–Crippen LogP) is 11.8. The second-order valence-corrected chi connectivity index (χ2v) is 14.4. The highest BCUT2D eigenvalue weighted by Gasteiger charge is 2.16. The van der Waals surface area contributed by atoms with Gasteiger partial charge in [0.15, 0.2) is 5.78 Å². The van der Waals surface area contributed by atoms with Crippen LogP contribution in [0.1, 0.15) is 111 Å². The molecular formula is C48H72N6O3. The summed E-state index contributed by atoms with van der Waals surface area (Å²) in [7, 11) is 3.97. The Balaban J connectivity index is 0.000000672. The molecule has 0 radical (unpaired) electrons. The summed E-state index contributed by atoms with van der Waals surface area (Å²) in [5.74, 6) is 6.51. The molecule has 1 N–H and O–H groups in total. The normalized spacial score (nSPS) is 13.1. The Morgan fingerprint density at radius 1 is 1.05 bits per heavy atom. The number of anilines is 2. The summed E-state index contributed by atoms with van der Waals surface area (Å²) in [4.78, 5) is 22.4. The van der Waals surface area contributed by atoms with Gasteiger partial charge in [0.2, 0.25) is 0 Å². The summed E-state index contributed by atoms with van der Waals surface area (Å²) in [5.41, 5.74) is 3.87. The third-order valence-corrected chi connectivity index (χ3v) is 8.89. The van der Waals surface area contributed by atoms with Crippen molar-refractivity contribution in [1.82, 2.24) is 19.9 Å². The second-order valence-electron chi connectivity index (χ2n) is 14.4. The number of allylic oxidation sites excluding steroid dienone is 2. The molecule has 0 aliphatic carbocycles. The first-order chi connectivity index (χ1) is 27.4. The van der Waals surface area contributed by atoms with Gasteiger partial charge in [-0.2, -0.15) is 5.10 Å². The number of rotatable bonds is 17. The third kappa shape index (κ3) is 19.7. The van der Waals surface area contributed by atoms with E-state index in [1.807, 2.05) is 101 Å². The number of benzene rings is 2. The van der Waals surface area contributed by atoms with Crippen molar-refractivity contribution in [3.05, 3.63) is 84.0 Å². The van der Waals surface area contributed by atoms with Crippen molar-refractivity contribution in [2.45, 2.75) is 114 Å². The first-order valence-electron chi connectivity index (χ1n) is 20.7. The van der Waals surface area contributed by atoms with Gasteiger partial charge in [0, 0.05) is 37.0 Å². The van der Waals surface area contributed by atoms with Crippen molar-refractivity contribution >= 4 is 34.4 Å². The lowest BCUT2D eigenvalue weighted by Gasteiger charge is -2.19. The molecule has 57 heavy (non-hydrogen) atoms. The SMILES string of the molecule is C#CCC.C/C=N\N1C=CC(Oc2ccc(Nc3ncnc4ccc(C)c(OCC(C)CCCC)c34)cc2C)=CC1.CCC(C)C(=O)/C=C/CN(C)C.CCCC. The standard InChI is InChI=1S/C30H37N5O2.C10H19NO.C4H10.C4H6/c1-6-8-9-21(3)19-36-29-22(4)10-12-26-28(29)30(32-20-31-26)34-24-11-13-27(23(5)18-24)37-25-14-16-35(17-15-25)33-7-2;1-5-9(2)10(12)7-6-8-11(3)4;2*1-3-4-2/h7,10-16,18,20-21H,6,8-9,17,19H2,1-5H3,(H,31,32,34);6-7,9H,5,8H2,1-4H3;3-4H2,1-2H3;1H,4H2,2H3/b33-7-;7-6+;;. The maximum Gasteiger partial charge on any atom is 0.158 e. The lowest BCUT2D eigenvalue weighted by Crippen LogP contribution is -2.14. The average molecular weight is 781 g/mol. The van der Waals surface area contributed by atoms with E-state index in [2.05, 4.69) is 73.1 Å². The van der Waals surface area contributed by atoms with Crippen LogP contribution in [-0.4, -0.2) is 65.7 Å². The highest BCUT2D eigenvalue weighted by molar-refractivity contribution is 5.96. The van der Waals surface area contributed by atoms with Crippen LogP contribution in [0.5, 0.6) is 11.5 Å². The monoisotopic (exact) mass is 781 g/mol. The van der Waals surface area contributed by atoms with Crippen LogP contribution in [0, 0.1) is 38.0 Å². The molecule has 1 aromatic heterocycles. The number of aromatic nitrogens is 2. The fourth-order valence-corrected chi connectivity index (χ4v) is 5.00. The molecule has 2 unspecified atom stereocenters. The molecule has 0 amide bonds. The van der Waals surface area contributed by atoms with Gasteiger partial charge in [-0.15, -0.1) is 12.3 Å². The molecule has 4 rings (SSSR count). The van der Waals surface area contributed by atoms with E-state index in [0.717, 1.165) is 76.6 Å². The quantitative estimate of drug-likeness (QED) is 0.0822. The first kappa shape index (κ1) is 50.1. The van der Waals surface area contributed by atoms with E-state index >= 15 is 0 Å². The van der Waals surface area contributed by atoms with Crippen LogP contribution in [0.3, 0.4) is 0 Å². The number of ketones is 1. The number of hydrogen-bond donors (Lipinski definition) is 1. The third-order valence-electron chi connectivity index (χ3n) is 8.89. The molecule has 1 aliphatic rings. The fourth-order valence-electron chi connectivity index (χ4n) is 5.00. The minimum atomic E-state index is 0.170. The fraction of sp³-hybridized carbons (Fsp3) is 0.500. The number of ether oxygens (including phenoxy) is 2. The number of carbonyl (C=O) groups excluding carboxylic acids is 1. The van der Waals surface area contributed by atoms with Crippen molar-refractivity contribution in [2.75, 3.05) is 39.1 Å². The summed E-state index contributed by atoms with van der Waals surface area (Å²) in [6.45, 7) is 23.0. The largest absolute Gasteiger partial charge is 0.492 e. The molecule has 2 aromatic carbocycles. The molecule has 0 saturated heterocycles. The Morgan fingerprint density at radius 2 is 1.77 bits per heavy atom. The molecule has 312 valence electrons. The molecule has 2 heterocycles. The van der Waals surface area contributed by atoms with Gasteiger partial charge in [0.25, 0.3) is 0 Å². The van der Waals surface area contributed by atoms with Gasteiger partial charge in [-0.3, -0.25) is 9.80 Å². The zero-order chi connectivity index (χ0) is 42.6. The molecule has 3 aromatic rings. The zero-order valence-corrected chi connectivity index (χ0v) is 37.2. The van der Waals surface area contributed by atoms with E-state index in [0.29, 0.717) is 19.1 Å². The first-order valence-corrected chi connectivity index (χ1v) is 20.7. The van der Waals surface area contributed by atoms with Gasteiger partial charge in [0.05, 0.1) is 24.1 Å². The van der Waals surface area contributed by atoms with Crippen molar-refractivity contribution in [2.24, 2.45) is 16.9 Å². The summed E-state index contributed by atoms with van der Waals surface area (Å²) in [6.07, 6.45) is 25.6. The molecule has 1 aliphatic heterocycles. The van der Waals surface area contributed by atoms with Crippen molar-refractivity contribution in [1.29, 1.82) is 0 Å². The highest BCUT2D eigenvalue weighted by atomic mass is 16.5. The summed E-state index contributed by atoms with van der Waals surface area (Å²) in [6, 6.07) is 10.1. The lowest BCUT2D eigenvalue weighted by molar-refractivity contribution is -0.117. The van der Waals surface area contributed by atoms with Crippen molar-refractivity contribution < 1.29 is 14.3 Å². The summed E-state index contributed by atoms with van der Waals surface area (Å²) in [5, 5.41) is 10.5. The van der Waals surface area contributed by atoms with Crippen molar-refractivity contribution in [3.63, 3.8) is 0 Å². The number of carbonyl (C=O) groups is 1. The van der Waals surface area contributed by atoms with E-state index in [4.69, 9.17) is 15.9 Å². The van der Waals surface area contributed by atoms with Gasteiger partial charge in [0.1, 0.15) is 29.4 Å². The van der Waals surface area contributed by atoms with Gasteiger partial charge in [-0.25, -0.2) is 9.97 Å². The zero-order valence-electron chi connectivity index (χ0n) is 37.2. The van der Waals surface area contributed by atoms with Crippen LogP contribution >= 0.6 is 0 Å². The smallest absolute Gasteiger partial charge is 0.158 e. The summed E-state index contributed by atoms with van der Waals surface area (Å²) >= 11 is 0. The number of nitrogens with zero attached hydrogens (tertiary/aromatic N) is 5. The maximum atomic E-state index is 11.3. The number of aryl methyl sites for hydroxylation is 2. The molecule has 0 saturated carbocycles. The van der Waals surface area contributed by atoms with E-state index in [1.165, 1.54) is 25.7 Å². The Labute approximate surface area is 345 Å². The van der Waals surface area contributed by atoms with Gasteiger partial charge < -0.3 is 19.7 Å². The number of unbranched alkanes of at least 4 members (excludes halogenated alkanes) is 2. The number of nitrogens with one attached hydrogen (secondary N) is 1. The van der Waals surface area contributed by atoms with Crippen LogP contribution in [0.25, 0.3) is 10.9 Å². The van der Waals surface area contributed by atoms with Crippen LogP contribution in [0.15, 0.2) is 78.0 Å². The van der Waals surface area contributed by atoms with Crippen LogP contribution in [-0.2, 0) is 4.79 Å². The Bertz CT molecular complexity index is 1770. The molecule has 0 spiro atoms. The van der Waals surface area contributed by atoms with Gasteiger partial charge in [-0.05, 0) is 107 Å². The molecule has 0 bridgehead atoms. The Kier molecular flexibility index (Phi) is 25.8. The number of fused-ring (bicyclic) bond motifs is 1. The molecule has 9 nitrogen and oxygen atoms in total. The number of terminal acetylenes is 1. The van der Waals surface area contributed by atoms with Crippen LogP contribution in [0.2, 0.25) is 0 Å². The minimum absolute atomic E-state index is 0.170. The minimum Gasteiger partial charge on any atom is -0.492 e. The molecule has 9 heteroatoms. The van der Waals surface area contributed by atoms with E-state index in [-0.39, 0.29) is 11.7 Å². The lowest BCUT2D eigenvalue weighted by atomic mass is 10.0. The van der Waals surface area contributed by atoms with Gasteiger partial charge >= 0.3 is 0 Å². The second kappa shape index (κ2) is 29.3. The predicted molar refractivity (Wildman–Crippen MR) is 244 cm³/mol. The number of likely N-dealkylation sites (N-methyl/N-ethyl adjacent to an activating group) is 1. The van der Waals surface area contributed by atoms with Crippen molar-refractivity contribution in [3.8, 4) is 23.8 Å². The average Bonchev–Trinajstić information content (AvgIpc) is 3.21. The maximum absolute atomic E-state index is 11.3. The number of hydrazone groups is 1. The highest BCUT2D eigenvalue weighted by Crippen LogP contribution is 2.35. The van der Waals surface area contributed by atoms with Gasteiger partial charge in [-0.1, -0.05) is 86.3 Å². The van der Waals surface area contributed by atoms with E-state index in [9.17, 15) is 4.79 Å². The number of hydrogen-bond acceptors (Lipinski definition) is 9. The Hall–Kier alpha value is -4.94. The molecular weight excluding hydrogens is 709 g/mol. The van der Waals surface area contributed by atoms with Crippen LogP contribution in [0.4, 0.5) is 11.5 Å².